The molecule has 1 aliphatic heterocycles. The van der Waals surface area contributed by atoms with Crippen molar-refractivity contribution in [3.8, 4) is 0 Å². The summed E-state index contributed by atoms with van der Waals surface area (Å²) in [5.74, 6) is 0.687. The molecule has 170 valence electrons. The van der Waals surface area contributed by atoms with Crippen LogP contribution in [0.4, 0.5) is 5.69 Å². The predicted molar refractivity (Wildman–Crippen MR) is 131 cm³/mol. The Bertz CT molecular complexity index is 1400. The maximum absolute atomic E-state index is 13.6. The highest BCUT2D eigenvalue weighted by Gasteiger charge is 2.36. The molecule has 1 aliphatic rings. The molecule has 7 heteroatoms. The van der Waals surface area contributed by atoms with E-state index >= 15 is 0 Å². The Kier molecular flexibility index (Phi) is 5.07. The number of pyridine rings is 1. The zero-order valence-corrected chi connectivity index (χ0v) is 19.9. The minimum Gasteiger partial charge on any atom is -0.357 e. The van der Waals surface area contributed by atoms with Crippen molar-refractivity contribution in [1.29, 1.82) is 0 Å². The molecule has 3 heterocycles. The monoisotopic (exact) mass is 442 g/mol. The number of para-hydroxylation sites is 1. The Labute approximate surface area is 193 Å². The Balaban J connectivity index is 1.77. The maximum atomic E-state index is 13.6. The molecule has 7 nitrogen and oxygen atoms in total. The minimum absolute atomic E-state index is 0.102. The molecule has 5 rings (SSSR count). The number of aromatic nitrogens is 5. The van der Waals surface area contributed by atoms with Crippen molar-refractivity contribution in [2.45, 2.75) is 59.0 Å². The SMILES string of the molecule is CCC(C)(C)n1nnnc1C(c1cc2ccc(C)c(C)c2[nH]c1=O)N1CCc2ccccc21. The number of benzene rings is 2. The van der Waals surface area contributed by atoms with Crippen LogP contribution in [-0.2, 0) is 12.0 Å². The fourth-order valence-corrected chi connectivity index (χ4v) is 4.77. The van der Waals surface area contributed by atoms with Crippen LogP contribution in [0.1, 0.15) is 61.3 Å². The van der Waals surface area contributed by atoms with Crippen molar-refractivity contribution in [3.63, 3.8) is 0 Å². The third kappa shape index (κ3) is 3.43. The van der Waals surface area contributed by atoms with Gasteiger partial charge in [-0.2, -0.15) is 0 Å². The van der Waals surface area contributed by atoms with Gasteiger partial charge in [0.1, 0.15) is 6.04 Å². The van der Waals surface area contributed by atoms with Crippen molar-refractivity contribution < 1.29 is 0 Å². The van der Waals surface area contributed by atoms with Gasteiger partial charge in [-0.3, -0.25) is 4.79 Å². The maximum Gasteiger partial charge on any atom is 0.254 e. The molecule has 0 bridgehead atoms. The fourth-order valence-electron chi connectivity index (χ4n) is 4.77. The van der Waals surface area contributed by atoms with E-state index in [0.29, 0.717) is 11.4 Å². The molecule has 2 aromatic heterocycles. The van der Waals surface area contributed by atoms with Crippen LogP contribution in [0, 0.1) is 13.8 Å². The number of H-pyrrole nitrogens is 1. The summed E-state index contributed by atoms with van der Waals surface area (Å²) in [6, 6.07) is 14.2. The van der Waals surface area contributed by atoms with Gasteiger partial charge < -0.3 is 9.88 Å². The number of nitrogens with zero attached hydrogens (tertiary/aromatic N) is 5. The van der Waals surface area contributed by atoms with Gasteiger partial charge in [-0.25, -0.2) is 4.68 Å². The smallest absolute Gasteiger partial charge is 0.254 e. The van der Waals surface area contributed by atoms with Gasteiger partial charge in [-0.1, -0.05) is 37.3 Å². The van der Waals surface area contributed by atoms with Gasteiger partial charge in [0, 0.05) is 17.8 Å². The van der Waals surface area contributed by atoms with E-state index in [1.807, 2.05) is 23.7 Å². The summed E-state index contributed by atoms with van der Waals surface area (Å²) in [4.78, 5) is 19.0. The quantitative estimate of drug-likeness (QED) is 0.495. The van der Waals surface area contributed by atoms with Crippen LogP contribution in [0.5, 0.6) is 0 Å². The first-order valence-corrected chi connectivity index (χ1v) is 11.6. The van der Waals surface area contributed by atoms with Crippen LogP contribution in [0.25, 0.3) is 10.9 Å². The van der Waals surface area contributed by atoms with E-state index in [0.717, 1.165) is 47.1 Å². The Hall–Kier alpha value is -3.48. The summed E-state index contributed by atoms with van der Waals surface area (Å²) >= 11 is 0. The number of fused-ring (bicyclic) bond motifs is 2. The molecular weight excluding hydrogens is 412 g/mol. The lowest BCUT2D eigenvalue weighted by atomic mass is 9.98. The molecule has 0 aliphatic carbocycles. The molecule has 1 N–H and O–H groups in total. The van der Waals surface area contributed by atoms with Gasteiger partial charge in [0.25, 0.3) is 5.56 Å². The second kappa shape index (κ2) is 7.83. The molecule has 0 saturated carbocycles. The largest absolute Gasteiger partial charge is 0.357 e. The number of aromatic amines is 1. The first-order chi connectivity index (χ1) is 15.8. The van der Waals surface area contributed by atoms with Crippen LogP contribution >= 0.6 is 0 Å². The van der Waals surface area contributed by atoms with Crippen molar-refractivity contribution in [3.05, 3.63) is 80.9 Å². The molecule has 33 heavy (non-hydrogen) atoms. The summed E-state index contributed by atoms with van der Waals surface area (Å²) in [6.45, 7) is 11.3. The Morgan fingerprint density at radius 1 is 1.15 bits per heavy atom. The molecular formula is C26H30N6O. The van der Waals surface area contributed by atoms with Crippen LogP contribution in [0.15, 0.2) is 47.3 Å². The Morgan fingerprint density at radius 2 is 1.94 bits per heavy atom. The molecule has 0 radical (unpaired) electrons. The molecule has 1 unspecified atom stereocenters. The zero-order chi connectivity index (χ0) is 23.3. The molecule has 0 saturated heterocycles. The number of tetrazole rings is 1. The van der Waals surface area contributed by atoms with Gasteiger partial charge in [-0.05, 0) is 85.2 Å². The van der Waals surface area contributed by atoms with Gasteiger partial charge in [0.15, 0.2) is 5.82 Å². The second-order valence-electron chi connectivity index (χ2n) is 9.62. The topological polar surface area (TPSA) is 79.7 Å². The highest BCUT2D eigenvalue weighted by molar-refractivity contribution is 5.83. The number of hydrogen-bond donors (Lipinski definition) is 1. The number of rotatable bonds is 5. The molecule has 2 aromatic carbocycles. The fraction of sp³-hybridized carbons (Fsp3) is 0.385. The number of nitrogens with one attached hydrogen (secondary N) is 1. The average molecular weight is 443 g/mol. The third-order valence-corrected chi connectivity index (χ3v) is 7.29. The third-order valence-electron chi connectivity index (χ3n) is 7.29. The van der Waals surface area contributed by atoms with E-state index in [9.17, 15) is 4.79 Å². The molecule has 0 amide bonds. The summed E-state index contributed by atoms with van der Waals surface area (Å²) in [6.07, 6.45) is 1.79. The first kappa shape index (κ1) is 21.4. The van der Waals surface area contributed by atoms with E-state index in [2.05, 4.69) is 83.4 Å². The summed E-state index contributed by atoms with van der Waals surface area (Å²) in [5, 5.41) is 13.9. The standard InChI is InChI=1S/C26H30N6O/c1-6-26(4,5)32-24(28-29-30-32)23(31-14-13-18-9-7-8-10-21(18)31)20-15-19-12-11-16(2)17(3)22(19)27-25(20)33/h7-12,15,23H,6,13-14H2,1-5H3,(H,27,33). The minimum atomic E-state index is -0.399. The Morgan fingerprint density at radius 3 is 2.73 bits per heavy atom. The van der Waals surface area contributed by atoms with Crippen molar-refractivity contribution in [2.75, 3.05) is 11.4 Å². The number of aryl methyl sites for hydroxylation is 2. The summed E-state index contributed by atoms with van der Waals surface area (Å²) < 4.78 is 1.89. The number of anilines is 1. The lowest BCUT2D eigenvalue weighted by Gasteiger charge is -2.32. The van der Waals surface area contributed by atoms with Crippen LogP contribution in [0.3, 0.4) is 0 Å². The highest BCUT2D eigenvalue weighted by Crippen LogP contribution is 2.38. The zero-order valence-electron chi connectivity index (χ0n) is 19.9. The summed E-state index contributed by atoms with van der Waals surface area (Å²) in [7, 11) is 0. The van der Waals surface area contributed by atoms with E-state index in [1.54, 1.807) is 0 Å². The van der Waals surface area contributed by atoms with E-state index in [-0.39, 0.29) is 11.1 Å². The highest BCUT2D eigenvalue weighted by atomic mass is 16.1. The van der Waals surface area contributed by atoms with Gasteiger partial charge >= 0.3 is 0 Å². The average Bonchev–Trinajstić information content (AvgIpc) is 3.46. The van der Waals surface area contributed by atoms with Crippen LogP contribution in [0.2, 0.25) is 0 Å². The lowest BCUT2D eigenvalue weighted by Crippen LogP contribution is -2.37. The van der Waals surface area contributed by atoms with Gasteiger partial charge in [-0.15, -0.1) is 5.10 Å². The van der Waals surface area contributed by atoms with E-state index in [1.165, 1.54) is 5.56 Å². The normalized spacial score (nSPS) is 14.6. The predicted octanol–water partition coefficient (Wildman–Crippen LogP) is 4.43. The van der Waals surface area contributed by atoms with E-state index in [4.69, 9.17) is 0 Å². The van der Waals surface area contributed by atoms with Crippen LogP contribution in [-0.4, -0.2) is 31.7 Å². The first-order valence-electron chi connectivity index (χ1n) is 11.6. The van der Waals surface area contributed by atoms with E-state index < -0.39 is 6.04 Å². The second-order valence-corrected chi connectivity index (χ2v) is 9.62. The molecule has 0 fully saturated rings. The number of hydrogen-bond acceptors (Lipinski definition) is 5. The van der Waals surface area contributed by atoms with Crippen LogP contribution < -0.4 is 10.5 Å². The molecule has 1 atom stereocenters. The van der Waals surface area contributed by atoms with Crippen molar-refractivity contribution >= 4 is 16.6 Å². The molecule has 0 spiro atoms. The van der Waals surface area contributed by atoms with Gasteiger partial charge in [0.05, 0.1) is 11.1 Å². The molecule has 4 aromatic rings. The lowest BCUT2D eigenvalue weighted by molar-refractivity contribution is 0.287. The van der Waals surface area contributed by atoms with Gasteiger partial charge in [0.2, 0.25) is 0 Å². The van der Waals surface area contributed by atoms with Crippen molar-refractivity contribution in [2.24, 2.45) is 0 Å². The van der Waals surface area contributed by atoms with Crippen molar-refractivity contribution in [1.82, 2.24) is 25.2 Å². The summed E-state index contributed by atoms with van der Waals surface area (Å²) in [5.41, 5.74) is 5.82.